The second kappa shape index (κ2) is 4.08. The van der Waals surface area contributed by atoms with Crippen molar-refractivity contribution in [2.75, 3.05) is 5.73 Å². The predicted molar refractivity (Wildman–Crippen MR) is 65.5 cm³/mol. The summed E-state index contributed by atoms with van der Waals surface area (Å²) in [6, 6.07) is 4.98. The summed E-state index contributed by atoms with van der Waals surface area (Å²) in [6.07, 6.45) is -1.33. The maximum atomic E-state index is 13.0. The molecule has 1 aromatic heterocycles. The molecule has 0 radical (unpaired) electrons. The zero-order valence-electron chi connectivity index (χ0n) is 10.0. The SMILES string of the molecule is Nc1nc(C(F)(F)F)c2cc(C3CCC3)ccc2n1. The summed E-state index contributed by atoms with van der Waals surface area (Å²) in [5.74, 6) is 0.0132. The molecule has 0 spiro atoms. The van der Waals surface area contributed by atoms with Crippen LogP contribution in [0, 0.1) is 0 Å². The van der Waals surface area contributed by atoms with E-state index >= 15 is 0 Å². The van der Waals surface area contributed by atoms with E-state index in [1.54, 1.807) is 12.1 Å². The van der Waals surface area contributed by atoms with Crippen molar-refractivity contribution in [2.45, 2.75) is 31.4 Å². The number of halogens is 3. The molecule has 2 aromatic rings. The fourth-order valence-electron chi connectivity index (χ4n) is 2.38. The third-order valence-corrected chi connectivity index (χ3v) is 3.58. The molecule has 3 nitrogen and oxygen atoms in total. The van der Waals surface area contributed by atoms with Gasteiger partial charge in [0.25, 0.3) is 0 Å². The first-order chi connectivity index (χ1) is 8.95. The van der Waals surface area contributed by atoms with Crippen LogP contribution in [0.25, 0.3) is 10.9 Å². The zero-order valence-corrected chi connectivity index (χ0v) is 10.0. The van der Waals surface area contributed by atoms with Gasteiger partial charge in [-0.1, -0.05) is 12.5 Å². The molecular weight excluding hydrogens is 255 g/mol. The quantitative estimate of drug-likeness (QED) is 0.860. The van der Waals surface area contributed by atoms with Crippen molar-refractivity contribution in [1.29, 1.82) is 0 Å². The van der Waals surface area contributed by atoms with Crippen molar-refractivity contribution in [2.24, 2.45) is 0 Å². The van der Waals surface area contributed by atoms with Crippen LogP contribution in [-0.2, 0) is 6.18 Å². The first kappa shape index (κ1) is 12.2. The van der Waals surface area contributed by atoms with E-state index in [2.05, 4.69) is 9.97 Å². The molecule has 1 fully saturated rings. The minimum Gasteiger partial charge on any atom is -0.368 e. The molecule has 0 aliphatic heterocycles. The van der Waals surface area contributed by atoms with Crippen molar-refractivity contribution in [3.05, 3.63) is 29.5 Å². The lowest BCUT2D eigenvalue weighted by molar-refractivity contribution is -0.139. The molecule has 0 amide bonds. The van der Waals surface area contributed by atoms with Gasteiger partial charge in [-0.05, 0) is 36.5 Å². The average molecular weight is 267 g/mol. The largest absolute Gasteiger partial charge is 0.434 e. The van der Waals surface area contributed by atoms with Crippen molar-refractivity contribution in [3.63, 3.8) is 0 Å². The molecule has 100 valence electrons. The van der Waals surface area contributed by atoms with Gasteiger partial charge in [-0.15, -0.1) is 0 Å². The maximum absolute atomic E-state index is 13.0. The van der Waals surface area contributed by atoms with E-state index in [-0.39, 0.29) is 16.9 Å². The molecule has 1 aliphatic carbocycles. The number of aromatic nitrogens is 2. The van der Waals surface area contributed by atoms with Gasteiger partial charge >= 0.3 is 6.18 Å². The van der Waals surface area contributed by atoms with Gasteiger partial charge < -0.3 is 5.73 Å². The van der Waals surface area contributed by atoms with E-state index < -0.39 is 11.9 Å². The number of hydrogen-bond acceptors (Lipinski definition) is 3. The van der Waals surface area contributed by atoms with Gasteiger partial charge in [-0.25, -0.2) is 9.97 Å². The van der Waals surface area contributed by atoms with Gasteiger partial charge in [0.15, 0.2) is 5.69 Å². The maximum Gasteiger partial charge on any atom is 0.434 e. The summed E-state index contributed by atoms with van der Waals surface area (Å²) in [6.45, 7) is 0. The second-order valence-corrected chi connectivity index (χ2v) is 4.83. The van der Waals surface area contributed by atoms with E-state index in [1.807, 2.05) is 6.07 Å². The monoisotopic (exact) mass is 267 g/mol. The van der Waals surface area contributed by atoms with Crippen LogP contribution in [0.15, 0.2) is 18.2 Å². The lowest BCUT2D eigenvalue weighted by Crippen LogP contribution is -2.13. The minimum absolute atomic E-state index is 0.0334. The summed E-state index contributed by atoms with van der Waals surface area (Å²) in [5.41, 5.74) is 5.55. The second-order valence-electron chi connectivity index (χ2n) is 4.83. The van der Waals surface area contributed by atoms with Gasteiger partial charge in [0.1, 0.15) is 0 Å². The van der Waals surface area contributed by atoms with E-state index in [9.17, 15) is 13.2 Å². The van der Waals surface area contributed by atoms with Crippen LogP contribution in [-0.4, -0.2) is 9.97 Å². The molecule has 0 unspecified atom stereocenters. The van der Waals surface area contributed by atoms with Gasteiger partial charge in [0.05, 0.1) is 5.52 Å². The van der Waals surface area contributed by atoms with Gasteiger partial charge in [0.2, 0.25) is 5.95 Å². The first-order valence-corrected chi connectivity index (χ1v) is 6.09. The highest BCUT2D eigenvalue weighted by molar-refractivity contribution is 5.83. The minimum atomic E-state index is -4.52. The van der Waals surface area contributed by atoms with Crippen LogP contribution < -0.4 is 5.73 Å². The fourth-order valence-corrected chi connectivity index (χ4v) is 2.38. The van der Waals surface area contributed by atoms with Crippen molar-refractivity contribution in [3.8, 4) is 0 Å². The first-order valence-electron chi connectivity index (χ1n) is 6.09. The number of nitrogens with zero attached hydrogens (tertiary/aromatic N) is 2. The Kier molecular flexibility index (Phi) is 2.62. The molecule has 1 aromatic carbocycles. The Morgan fingerprint density at radius 2 is 1.89 bits per heavy atom. The lowest BCUT2D eigenvalue weighted by Gasteiger charge is -2.26. The van der Waals surface area contributed by atoms with Crippen LogP contribution in [0.5, 0.6) is 0 Å². The standard InChI is InChI=1S/C13H12F3N3/c14-13(15,16)11-9-6-8(7-2-1-3-7)4-5-10(9)18-12(17)19-11/h4-7H,1-3H2,(H2,17,18,19). The Morgan fingerprint density at radius 3 is 2.47 bits per heavy atom. The molecule has 0 saturated heterocycles. The van der Waals surface area contributed by atoms with Crippen LogP contribution in [0.4, 0.5) is 19.1 Å². The van der Waals surface area contributed by atoms with Crippen LogP contribution in [0.1, 0.15) is 36.4 Å². The molecular formula is C13H12F3N3. The van der Waals surface area contributed by atoms with Crippen LogP contribution in [0.2, 0.25) is 0 Å². The Labute approximate surface area is 107 Å². The van der Waals surface area contributed by atoms with Crippen molar-refractivity contribution < 1.29 is 13.2 Å². The third kappa shape index (κ3) is 2.11. The summed E-state index contributed by atoms with van der Waals surface area (Å²) >= 11 is 0. The van der Waals surface area contributed by atoms with E-state index in [0.717, 1.165) is 24.8 Å². The summed E-state index contributed by atoms with van der Waals surface area (Å²) in [7, 11) is 0. The number of rotatable bonds is 1. The summed E-state index contributed by atoms with van der Waals surface area (Å²) in [5, 5.41) is 0.0334. The van der Waals surface area contributed by atoms with Crippen molar-refractivity contribution >= 4 is 16.9 Å². The van der Waals surface area contributed by atoms with E-state index in [4.69, 9.17) is 5.73 Å². The fraction of sp³-hybridized carbons (Fsp3) is 0.385. The molecule has 1 aliphatic rings. The molecule has 6 heteroatoms. The molecule has 2 N–H and O–H groups in total. The average Bonchev–Trinajstić information content (AvgIpc) is 2.25. The summed E-state index contributed by atoms with van der Waals surface area (Å²) < 4.78 is 38.9. The van der Waals surface area contributed by atoms with E-state index in [1.165, 1.54) is 0 Å². The Balaban J connectivity index is 2.21. The Hall–Kier alpha value is -1.85. The predicted octanol–water partition coefficient (Wildman–Crippen LogP) is 3.50. The van der Waals surface area contributed by atoms with Gasteiger partial charge in [-0.3, -0.25) is 0 Å². The molecule has 0 bridgehead atoms. The number of benzene rings is 1. The lowest BCUT2D eigenvalue weighted by atomic mass is 9.80. The summed E-state index contributed by atoms with van der Waals surface area (Å²) in [4.78, 5) is 7.22. The normalized spacial score (nSPS) is 16.6. The zero-order chi connectivity index (χ0) is 13.6. The Bertz CT molecular complexity index is 633. The van der Waals surface area contributed by atoms with Crippen LogP contribution in [0.3, 0.4) is 0 Å². The topological polar surface area (TPSA) is 51.8 Å². The van der Waals surface area contributed by atoms with E-state index in [0.29, 0.717) is 5.92 Å². The molecule has 3 rings (SSSR count). The van der Waals surface area contributed by atoms with Crippen LogP contribution >= 0.6 is 0 Å². The molecule has 1 saturated carbocycles. The number of hydrogen-bond donors (Lipinski definition) is 1. The molecule has 1 heterocycles. The smallest absolute Gasteiger partial charge is 0.368 e. The number of nitrogens with two attached hydrogens (primary N) is 1. The number of alkyl halides is 3. The van der Waals surface area contributed by atoms with Gasteiger partial charge in [-0.2, -0.15) is 13.2 Å². The highest BCUT2D eigenvalue weighted by atomic mass is 19.4. The number of nitrogen functional groups attached to an aromatic ring is 1. The highest BCUT2D eigenvalue weighted by Gasteiger charge is 2.35. The van der Waals surface area contributed by atoms with Gasteiger partial charge in [0, 0.05) is 5.39 Å². The molecule has 19 heavy (non-hydrogen) atoms. The third-order valence-electron chi connectivity index (χ3n) is 3.58. The molecule has 0 atom stereocenters. The Morgan fingerprint density at radius 1 is 1.16 bits per heavy atom. The number of fused-ring (bicyclic) bond motifs is 1. The number of anilines is 1. The highest BCUT2D eigenvalue weighted by Crippen LogP contribution is 2.39. The van der Waals surface area contributed by atoms with Crippen molar-refractivity contribution in [1.82, 2.24) is 9.97 Å².